The fourth-order valence-corrected chi connectivity index (χ4v) is 1.99. The zero-order valence-corrected chi connectivity index (χ0v) is 10.6. The Balaban J connectivity index is 1.95. The highest BCUT2D eigenvalue weighted by Gasteiger charge is 2.09. The summed E-state index contributed by atoms with van der Waals surface area (Å²) in [6.45, 7) is 0. The van der Waals surface area contributed by atoms with Crippen molar-refractivity contribution in [1.29, 1.82) is 0 Å². The molecule has 3 N–H and O–H groups in total. The molecule has 0 saturated carbocycles. The van der Waals surface area contributed by atoms with Crippen LogP contribution < -0.4 is 11.1 Å². The van der Waals surface area contributed by atoms with Crippen molar-refractivity contribution in [2.45, 2.75) is 0 Å². The highest BCUT2D eigenvalue weighted by molar-refractivity contribution is 6.08. The highest BCUT2D eigenvalue weighted by atomic mass is 16.1. The van der Waals surface area contributed by atoms with E-state index in [4.69, 9.17) is 5.73 Å². The summed E-state index contributed by atoms with van der Waals surface area (Å²) in [5.74, 6) is 0.0750. The first-order valence-electron chi connectivity index (χ1n) is 6.11. The Labute approximate surface area is 115 Å². The van der Waals surface area contributed by atoms with Crippen LogP contribution in [-0.4, -0.2) is 15.9 Å². The third-order valence-electron chi connectivity index (χ3n) is 2.92. The zero-order valence-electron chi connectivity index (χ0n) is 10.6. The van der Waals surface area contributed by atoms with Crippen molar-refractivity contribution in [2.24, 2.45) is 0 Å². The lowest BCUT2D eigenvalue weighted by atomic mass is 10.2. The average molecular weight is 264 g/mol. The van der Waals surface area contributed by atoms with Gasteiger partial charge in [0.15, 0.2) is 0 Å². The highest BCUT2D eigenvalue weighted by Crippen LogP contribution is 2.21. The Morgan fingerprint density at radius 2 is 1.90 bits per heavy atom. The summed E-state index contributed by atoms with van der Waals surface area (Å²) in [5.41, 5.74) is 7.47. The first-order chi connectivity index (χ1) is 9.74. The van der Waals surface area contributed by atoms with E-state index in [2.05, 4.69) is 15.3 Å². The summed E-state index contributed by atoms with van der Waals surface area (Å²) in [4.78, 5) is 20.3. The molecule has 3 aromatic rings. The second-order valence-electron chi connectivity index (χ2n) is 4.30. The molecule has 0 radical (unpaired) electrons. The number of nitrogens with one attached hydrogen (secondary N) is 1. The van der Waals surface area contributed by atoms with Gasteiger partial charge in [0.2, 0.25) is 0 Å². The molecule has 2 heterocycles. The number of anilines is 2. The van der Waals surface area contributed by atoms with Gasteiger partial charge in [-0.2, -0.15) is 0 Å². The largest absolute Gasteiger partial charge is 0.384 e. The van der Waals surface area contributed by atoms with Crippen molar-refractivity contribution in [1.82, 2.24) is 9.97 Å². The fraction of sp³-hybridized carbons (Fsp3) is 0. The molecule has 1 amide bonds. The summed E-state index contributed by atoms with van der Waals surface area (Å²) in [6, 6.07) is 12.6. The first-order valence-corrected chi connectivity index (χ1v) is 6.11. The first kappa shape index (κ1) is 12.1. The van der Waals surface area contributed by atoms with Crippen molar-refractivity contribution in [3.8, 4) is 0 Å². The summed E-state index contributed by atoms with van der Waals surface area (Å²) in [5, 5.41) is 3.82. The molecule has 2 aromatic heterocycles. The van der Waals surface area contributed by atoms with Crippen molar-refractivity contribution >= 4 is 28.3 Å². The molecule has 0 saturated heterocycles. The van der Waals surface area contributed by atoms with Crippen molar-refractivity contribution in [2.75, 3.05) is 11.1 Å². The van der Waals surface area contributed by atoms with E-state index >= 15 is 0 Å². The molecule has 0 bridgehead atoms. The summed E-state index contributed by atoms with van der Waals surface area (Å²) in [7, 11) is 0. The van der Waals surface area contributed by atoms with Gasteiger partial charge in [-0.3, -0.25) is 9.78 Å². The molecule has 3 rings (SSSR count). The normalized spacial score (nSPS) is 10.4. The Morgan fingerprint density at radius 1 is 1.05 bits per heavy atom. The number of para-hydroxylation sites is 1. The van der Waals surface area contributed by atoms with Crippen molar-refractivity contribution < 1.29 is 4.79 Å². The third kappa shape index (κ3) is 2.29. The number of nitrogen functional groups attached to an aromatic ring is 1. The quantitative estimate of drug-likeness (QED) is 0.745. The Kier molecular flexibility index (Phi) is 3.01. The van der Waals surface area contributed by atoms with Gasteiger partial charge < -0.3 is 11.1 Å². The second-order valence-corrected chi connectivity index (χ2v) is 4.30. The van der Waals surface area contributed by atoms with Gasteiger partial charge in [-0.1, -0.05) is 18.2 Å². The third-order valence-corrected chi connectivity index (χ3v) is 2.92. The molecular formula is C15H12N4O. The van der Waals surface area contributed by atoms with Gasteiger partial charge in [-0.25, -0.2) is 4.98 Å². The van der Waals surface area contributed by atoms with Crippen LogP contribution in [0.1, 0.15) is 10.4 Å². The molecule has 0 atom stereocenters. The van der Waals surface area contributed by atoms with Gasteiger partial charge in [0, 0.05) is 23.3 Å². The SMILES string of the molecule is Nc1cc(C(=O)Nc2cccc3cccnc23)ccn1. The van der Waals surface area contributed by atoms with E-state index in [-0.39, 0.29) is 5.91 Å². The number of hydrogen-bond acceptors (Lipinski definition) is 4. The maximum atomic E-state index is 12.2. The molecule has 20 heavy (non-hydrogen) atoms. The summed E-state index contributed by atoms with van der Waals surface area (Å²) < 4.78 is 0. The molecule has 0 spiro atoms. The van der Waals surface area contributed by atoms with Crippen LogP contribution in [0.3, 0.4) is 0 Å². The fourth-order valence-electron chi connectivity index (χ4n) is 1.99. The Hall–Kier alpha value is -2.95. The number of hydrogen-bond donors (Lipinski definition) is 2. The number of pyridine rings is 2. The molecule has 0 aliphatic heterocycles. The Bertz CT molecular complexity index is 780. The van der Waals surface area contributed by atoms with Gasteiger partial charge in [-0.15, -0.1) is 0 Å². The number of amides is 1. The van der Waals surface area contributed by atoms with Crippen LogP contribution in [0.25, 0.3) is 10.9 Å². The molecule has 1 aromatic carbocycles. The lowest BCUT2D eigenvalue weighted by Gasteiger charge is -2.08. The van der Waals surface area contributed by atoms with Gasteiger partial charge in [-0.05, 0) is 24.3 Å². The van der Waals surface area contributed by atoms with E-state index in [1.807, 2.05) is 30.3 Å². The lowest BCUT2D eigenvalue weighted by Crippen LogP contribution is -2.13. The van der Waals surface area contributed by atoms with E-state index in [9.17, 15) is 4.79 Å². The molecular weight excluding hydrogens is 252 g/mol. The van der Waals surface area contributed by atoms with Gasteiger partial charge in [0.25, 0.3) is 5.91 Å². The van der Waals surface area contributed by atoms with Gasteiger partial charge in [0.05, 0.1) is 11.2 Å². The van der Waals surface area contributed by atoms with E-state index in [1.165, 1.54) is 12.3 Å². The standard InChI is InChI=1S/C15H12N4O/c16-13-9-11(6-8-17-13)15(20)19-12-5-1-3-10-4-2-7-18-14(10)12/h1-9H,(H2,16,17)(H,19,20). The molecule has 0 unspecified atom stereocenters. The number of nitrogens with zero attached hydrogens (tertiary/aromatic N) is 2. The molecule has 0 fully saturated rings. The van der Waals surface area contributed by atoms with Crippen LogP contribution in [0, 0.1) is 0 Å². The van der Waals surface area contributed by atoms with Crippen molar-refractivity contribution in [3.63, 3.8) is 0 Å². The van der Waals surface area contributed by atoms with E-state index in [0.717, 1.165) is 10.9 Å². The number of fused-ring (bicyclic) bond motifs is 1. The lowest BCUT2D eigenvalue weighted by molar-refractivity contribution is 0.102. The van der Waals surface area contributed by atoms with Crippen LogP contribution in [0.15, 0.2) is 54.9 Å². The topological polar surface area (TPSA) is 80.9 Å². The Morgan fingerprint density at radius 3 is 2.75 bits per heavy atom. The second kappa shape index (κ2) is 4.97. The van der Waals surface area contributed by atoms with E-state index < -0.39 is 0 Å². The van der Waals surface area contributed by atoms with Crippen LogP contribution >= 0.6 is 0 Å². The molecule has 0 aliphatic rings. The summed E-state index contributed by atoms with van der Waals surface area (Å²) in [6.07, 6.45) is 3.20. The molecule has 5 heteroatoms. The summed E-state index contributed by atoms with van der Waals surface area (Å²) >= 11 is 0. The van der Waals surface area contributed by atoms with Crippen LogP contribution in [0.2, 0.25) is 0 Å². The van der Waals surface area contributed by atoms with Gasteiger partial charge in [0.1, 0.15) is 5.82 Å². The zero-order chi connectivity index (χ0) is 13.9. The minimum Gasteiger partial charge on any atom is -0.384 e. The molecule has 0 aliphatic carbocycles. The van der Waals surface area contributed by atoms with Crippen LogP contribution in [0.4, 0.5) is 11.5 Å². The maximum Gasteiger partial charge on any atom is 0.255 e. The predicted octanol–water partition coefficient (Wildman–Crippen LogP) is 2.46. The number of benzene rings is 1. The van der Waals surface area contributed by atoms with E-state index in [1.54, 1.807) is 12.3 Å². The maximum absolute atomic E-state index is 12.2. The predicted molar refractivity (Wildman–Crippen MR) is 78.3 cm³/mol. The number of nitrogens with two attached hydrogens (primary N) is 1. The molecule has 98 valence electrons. The van der Waals surface area contributed by atoms with Gasteiger partial charge >= 0.3 is 0 Å². The number of carbonyl (C=O) groups is 1. The number of carbonyl (C=O) groups excluding carboxylic acids is 1. The minimum atomic E-state index is -0.239. The van der Waals surface area contributed by atoms with Crippen LogP contribution in [0.5, 0.6) is 0 Å². The smallest absolute Gasteiger partial charge is 0.255 e. The number of aromatic nitrogens is 2. The monoisotopic (exact) mass is 264 g/mol. The minimum absolute atomic E-state index is 0.239. The van der Waals surface area contributed by atoms with Crippen molar-refractivity contribution in [3.05, 3.63) is 60.4 Å². The molecule has 5 nitrogen and oxygen atoms in total. The van der Waals surface area contributed by atoms with Crippen LogP contribution in [-0.2, 0) is 0 Å². The number of rotatable bonds is 2. The average Bonchev–Trinajstić information content (AvgIpc) is 2.47. The van der Waals surface area contributed by atoms with E-state index in [0.29, 0.717) is 17.1 Å².